The maximum Gasteiger partial charge on any atom is 0.224 e. The number of piperidine rings is 1. The summed E-state index contributed by atoms with van der Waals surface area (Å²) in [5, 5.41) is 3.02. The van der Waals surface area contributed by atoms with Crippen molar-refractivity contribution in [2.75, 3.05) is 23.8 Å². The van der Waals surface area contributed by atoms with Crippen LogP contribution in [0.2, 0.25) is 0 Å². The molecule has 1 N–H and O–H groups in total. The summed E-state index contributed by atoms with van der Waals surface area (Å²) in [4.78, 5) is 11.3. The molecule has 2 aliphatic rings. The van der Waals surface area contributed by atoms with Crippen LogP contribution >= 0.6 is 0 Å². The van der Waals surface area contributed by atoms with Crippen molar-refractivity contribution in [2.24, 2.45) is 5.92 Å². The third-order valence-corrected chi connectivity index (χ3v) is 4.15. The maximum absolute atomic E-state index is 4.58. The zero-order valence-corrected chi connectivity index (χ0v) is 10.4. The molecule has 3 rings (SSSR count). The van der Waals surface area contributed by atoms with Gasteiger partial charge in [-0.1, -0.05) is 6.42 Å². The molecule has 0 radical (unpaired) electrons. The minimum absolute atomic E-state index is 0.725. The van der Waals surface area contributed by atoms with Crippen LogP contribution in [0.15, 0.2) is 12.3 Å². The molecule has 0 bridgehead atoms. The Hall–Kier alpha value is -1.32. The van der Waals surface area contributed by atoms with Gasteiger partial charge in [-0.05, 0) is 37.7 Å². The largest absolute Gasteiger partial charge is 0.357 e. The molecule has 4 heteroatoms. The summed E-state index contributed by atoms with van der Waals surface area (Å²) in [6.07, 6.45) is 8.70. The Balaban J connectivity index is 1.86. The number of nitrogens with zero attached hydrogens (tertiary/aromatic N) is 3. The summed E-state index contributed by atoms with van der Waals surface area (Å²) in [6, 6.07) is 2.77. The van der Waals surface area contributed by atoms with Crippen LogP contribution in [-0.4, -0.2) is 29.6 Å². The SMILES string of the molecule is CNc1nccc(N2CCCC3CCCC32)n1. The highest BCUT2D eigenvalue weighted by atomic mass is 15.3. The van der Waals surface area contributed by atoms with Crippen LogP contribution in [-0.2, 0) is 0 Å². The Morgan fingerprint density at radius 1 is 1.29 bits per heavy atom. The van der Waals surface area contributed by atoms with Crippen molar-refractivity contribution in [1.29, 1.82) is 0 Å². The summed E-state index contributed by atoms with van der Waals surface area (Å²) in [7, 11) is 1.87. The third-order valence-electron chi connectivity index (χ3n) is 4.15. The molecule has 1 aromatic heterocycles. The van der Waals surface area contributed by atoms with Gasteiger partial charge in [-0.3, -0.25) is 0 Å². The highest BCUT2D eigenvalue weighted by Gasteiger charge is 2.35. The van der Waals surface area contributed by atoms with Gasteiger partial charge in [0.1, 0.15) is 5.82 Å². The van der Waals surface area contributed by atoms with Gasteiger partial charge in [-0.25, -0.2) is 4.98 Å². The normalized spacial score (nSPS) is 27.9. The minimum Gasteiger partial charge on any atom is -0.357 e. The van der Waals surface area contributed by atoms with Gasteiger partial charge in [0.15, 0.2) is 0 Å². The van der Waals surface area contributed by atoms with Gasteiger partial charge in [0.25, 0.3) is 0 Å². The van der Waals surface area contributed by atoms with Crippen molar-refractivity contribution < 1.29 is 0 Å². The first-order chi connectivity index (χ1) is 8.38. The summed E-state index contributed by atoms with van der Waals surface area (Å²) in [6.45, 7) is 1.15. The van der Waals surface area contributed by atoms with Gasteiger partial charge < -0.3 is 10.2 Å². The van der Waals surface area contributed by atoms with Crippen LogP contribution in [0, 0.1) is 5.92 Å². The lowest BCUT2D eigenvalue weighted by molar-refractivity contribution is 0.360. The second-order valence-corrected chi connectivity index (χ2v) is 5.08. The molecule has 0 spiro atoms. The molecule has 17 heavy (non-hydrogen) atoms. The van der Waals surface area contributed by atoms with Crippen LogP contribution in [0.25, 0.3) is 0 Å². The third kappa shape index (κ3) is 1.96. The predicted molar refractivity (Wildman–Crippen MR) is 69.3 cm³/mol. The lowest BCUT2D eigenvalue weighted by Gasteiger charge is -2.38. The van der Waals surface area contributed by atoms with Crippen LogP contribution in [0.4, 0.5) is 11.8 Å². The summed E-state index contributed by atoms with van der Waals surface area (Å²) in [5.41, 5.74) is 0. The van der Waals surface area contributed by atoms with Crippen molar-refractivity contribution in [2.45, 2.75) is 38.1 Å². The van der Waals surface area contributed by atoms with Gasteiger partial charge >= 0.3 is 0 Å². The molecule has 0 amide bonds. The molecular weight excluding hydrogens is 212 g/mol. The van der Waals surface area contributed by atoms with Crippen LogP contribution in [0.5, 0.6) is 0 Å². The van der Waals surface area contributed by atoms with Crippen LogP contribution in [0.1, 0.15) is 32.1 Å². The van der Waals surface area contributed by atoms with E-state index >= 15 is 0 Å². The summed E-state index contributed by atoms with van der Waals surface area (Å²) >= 11 is 0. The molecule has 1 aromatic rings. The molecule has 1 aliphatic carbocycles. The van der Waals surface area contributed by atoms with Gasteiger partial charge in [0.2, 0.25) is 5.95 Å². The molecule has 1 aliphatic heterocycles. The van der Waals surface area contributed by atoms with Gasteiger partial charge in [0, 0.05) is 25.8 Å². The smallest absolute Gasteiger partial charge is 0.224 e. The number of aromatic nitrogens is 2. The molecule has 1 saturated carbocycles. The highest BCUT2D eigenvalue weighted by Crippen LogP contribution is 2.38. The van der Waals surface area contributed by atoms with E-state index in [4.69, 9.17) is 0 Å². The van der Waals surface area contributed by atoms with Gasteiger partial charge in [0.05, 0.1) is 0 Å². The fourth-order valence-electron chi connectivity index (χ4n) is 3.37. The molecular formula is C13H20N4. The summed E-state index contributed by atoms with van der Waals surface area (Å²) < 4.78 is 0. The number of fused-ring (bicyclic) bond motifs is 1. The molecule has 2 heterocycles. The molecule has 4 nitrogen and oxygen atoms in total. The van der Waals surface area contributed by atoms with Gasteiger partial charge in [-0.15, -0.1) is 0 Å². The van der Waals surface area contributed by atoms with E-state index in [1.165, 1.54) is 32.1 Å². The second-order valence-electron chi connectivity index (χ2n) is 5.08. The quantitative estimate of drug-likeness (QED) is 0.849. The fourth-order valence-corrected chi connectivity index (χ4v) is 3.37. The summed E-state index contributed by atoms with van der Waals surface area (Å²) in [5.74, 6) is 2.72. The van der Waals surface area contributed by atoms with Crippen molar-refractivity contribution >= 4 is 11.8 Å². The van der Waals surface area contributed by atoms with Crippen LogP contribution < -0.4 is 10.2 Å². The number of hydrogen-bond acceptors (Lipinski definition) is 4. The predicted octanol–water partition coefficient (Wildman–Crippen LogP) is 2.29. The first kappa shape index (κ1) is 10.8. The molecule has 0 aromatic carbocycles. The molecule has 2 atom stereocenters. The Morgan fingerprint density at radius 3 is 3.06 bits per heavy atom. The maximum atomic E-state index is 4.58. The fraction of sp³-hybridized carbons (Fsp3) is 0.692. The lowest BCUT2D eigenvalue weighted by atomic mass is 9.92. The van der Waals surface area contributed by atoms with Crippen molar-refractivity contribution in [3.63, 3.8) is 0 Å². The number of rotatable bonds is 2. The van der Waals surface area contributed by atoms with E-state index in [1.807, 2.05) is 19.3 Å². The van der Waals surface area contributed by atoms with E-state index in [0.29, 0.717) is 0 Å². The Morgan fingerprint density at radius 2 is 2.18 bits per heavy atom. The monoisotopic (exact) mass is 232 g/mol. The minimum atomic E-state index is 0.725. The first-order valence-corrected chi connectivity index (χ1v) is 6.66. The van der Waals surface area contributed by atoms with E-state index in [-0.39, 0.29) is 0 Å². The standard InChI is InChI=1S/C13H20N4/c1-14-13-15-8-7-12(16-13)17-9-3-5-10-4-2-6-11(10)17/h7-8,10-11H,2-6,9H2,1H3,(H,14,15,16). The zero-order valence-electron chi connectivity index (χ0n) is 10.4. The molecule has 2 fully saturated rings. The zero-order chi connectivity index (χ0) is 11.7. The van der Waals surface area contributed by atoms with Crippen LogP contribution in [0.3, 0.4) is 0 Å². The first-order valence-electron chi connectivity index (χ1n) is 6.66. The van der Waals surface area contributed by atoms with Crippen molar-refractivity contribution in [3.05, 3.63) is 12.3 Å². The Labute approximate surface area is 102 Å². The van der Waals surface area contributed by atoms with Crippen molar-refractivity contribution in [3.8, 4) is 0 Å². The average Bonchev–Trinajstić information content (AvgIpc) is 2.87. The number of hydrogen-bond donors (Lipinski definition) is 1. The van der Waals surface area contributed by atoms with E-state index in [1.54, 1.807) is 0 Å². The van der Waals surface area contributed by atoms with E-state index in [9.17, 15) is 0 Å². The number of nitrogens with one attached hydrogen (secondary N) is 1. The van der Waals surface area contributed by atoms with E-state index in [0.717, 1.165) is 30.3 Å². The molecule has 2 unspecified atom stereocenters. The topological polar surface area (TPSA) is 41.1 Å². The Bertz CT molecular complexity index is 393. The van der Waals surface area contributed by atoms with Crippen molar-refractivity contribution in [1.82, 2.24) is 9.97 Å². The molecule has 92 valence electrons. The Kier molecular flexibility index (Phi) is 2.87. The second kappa shape index (κ2) is 4.51. The number of anilines is 2. The molecule has 1 saturated heterocycles. The van der Waals surface area contributed by atoms with E-state index < -0.39 is 0 Å². The lowest BCUT2D eigenvalue weighted by Crippen LogP contribution is -2.43. The van der Waals surface area contributed by atoms with E-state index in [2.05, 4.69) is 20.2 Å². The average molecular weight is 232 g/mol. The highest BCUT2D eigenvalue weighted by molar-refractivity contribution is 5.44. The van der Waals surface area contributed by atoms with Gasteiger partial charge in [-0.2, -0.15) is 4.98 Å².